The number of rotatable bonds is 2. The summed E-state index contributed by atoms with van der Waals surface area (Å²) in [4.78, 5) is 12.2. The average molecular weight is 213 g/mol. The van der Waals surface area contributed by atoms with Crippen LogP contribution in [-0.2, 0) is 0 Å². The van der Waals surface area contributed by atoms with Crippen molar-refractivity contribution >= 4 is 17.6 Å². The minimum atomic E-state index is 0.636. The van der Waals surface area contributed by atoms with Gasteiger partial charge in [0.25, 0.3) is 0 Å². The largest absolute Gasteiger partial charge is 0.297 e. The predicted molar refractivity (Wildman–Crippen MR) is 59.9 cm³/mol. The molecule has 0 saturated carbocycles. The van der Waals surface area contributed by atoms with Gasteiger partial charge in [-0.15, -0.1) is 11.3 Å². The van der Waals surface area contributed by atoms with Gasteiger partial charge in [0.2, 0.25) is 0 Å². The zero-order valence-corrected chi connectivity index (χ0v) is 8.62. The number of hydrogen-bond donors (Lipinski definition) is 0. The number of carbonyl (C=O) groups excluding carboxylic acids is 1. The Labute approximate surface area is 91.4 Å². The van der Waals surface area contributed by atoms with Crippen molar-refractivity contribution in [1.82, 2.24) is 0 Å². The summed E-state index contributed by atoms with van der Waals surface area (Å²) in [7, 11) is 0. The number of carbonyl (C=O) groups is 1. The van der Waals surface area contributed by atoms with Gasteiger partial charge in [-0.05, 0) is 18.2 Å². The molecule has 0 unspecified atom stereocenters. The summed E-state index contributed by atoms with van der Waals surface area (Å²) in [5.41, 5.74) is 1.52. The molecule has 0 aliphatic carbocycles. The Balaban J connectivity index is 2.54. The van der Waals surface area contributed by atoms with Gasteiger partial charge in [0.1, 0.15) is 0 Å². The van der Waals surface area contributed by atoms with Crippen LogP contribution in [0.4, 0.5) is 0 Å². The average Bonchev–Trinajstić information content (AvgIpc) is 2.77. The highest BCUT2D eigenvalue weighted by molar-refractivity contribution is 7.17. The summed E-state index contributed by atoms with van der Waals surface area (Å²) >= 11 is 1.40. The Kier molecular flexibility index (Phi) is 2.61. The fourth-order valence-electron chi connectivity index (χ4n) is 1.36. The molecule has 15 heavy (non-hydrogen) atoms. The van der Waals surface area contributed by atoms with Crippen molar-refractivity contribution in [2.24, 2.45) is 0 Å². The van der Waals surface area contributed by atoms with E-state index in [1.165, 1.54) is 11.3 Å². The Bertz CT molecular complexity index is 537. The third kappa shape index (κ3) is 1.80. The first-order valence-corrected chi connectivity index (χ1v) is 5.21. The van der Waals surface area contributed by atoms with Crippen LogP contribution >= 0.6 is 11.3 Å². The highest BCUT2D eigenvalue weighted by atomic mass is 32.1. The third-order valence-electron chi connectivity index (χ3n) is 2.06. The lowest BCUT2D eigenvalue weighted by atomic mass is 10.1. The maximum atomic E-state index is 10.6. The minimum absolute atomic E-state index is 0.636. The minimum Gasteiger partial charge on any atom is -0.297 e. The normalized spacial score (nSPS) is 9.53. The van der Waals surface area contributed by atoms with Crippen molar-refractivity contribution in [2.75, 3.05) is 0 Å². The third-order valence-corrected chi connectivity index (χ3v) is 3.10. The molecule has 0 atom stereocenters. The molecule has 0 amide bonds. The lowest BCUT2D eigenvalue weighted by molar-refractivity contribution is 0.112. The van der Waals surface area contributed by atoms with Gasteiger partial charge in [0, 0.05) is 10.4 Å². The molecule has 0 fully saturated rings. The van der Waals surface area contributed by atoms with Crippen LogP contribution in [0.2, 0.25) is 0 Å². The van der Waals surface area contributed by atoms with Crippen molar-refractivity contribution < 1.29 is 4.79 Å². The second-order valence-electron chi connectivity index (χ2n) is 2.98. The molecule has 1 aromatic heterocycles. The Morgan fingerprint density at radius 2 is 2.00 bits per heavy atom. The summed E-state index contributed by atoms with van der Waals surface area (Å²) in [5.74, 6) is 0. The van der Waals surface area contributed by atoms with E-state index in [9.17, 15) is 4.79 Å². The smallest absolute Gasteiger partial charge is 0.160 e. The zero-order valence-electron chi connectivity index (χ0n) is 7.81. The fraction of sp³-hybridized carbons (Fsp3) is 0. The molecule has 72 valence electrons. The van der Waals surface area contributed by atoms with Crippen LogP contribution in [0, 0.1) is 11.3 Å². The number of thiophene rings is 1. The predicted octanol–water partition coefficient (Wildman–Crippen LogP) is 3.10. The van der Waals surface area contributed by atoms with Gasteiger partial charge in [-0.2, -0.15) is 5.26 Å². The first kappa shape index (κ1) is 9.63. The van der Waals surface area contributed by atoms with E-state index in [0.717, 1.165) is 16.7 Å². The van der Waals surface area contributed by atoms with Crippen molar-refractivity contribution in [1.29, 1.82) is 5.26 Å². The molecule has 2 rings (SSSR count). The van der Waals surface area contributed by atoms with Crippen LogP contribution in [-0.4, -0.2) is 6.29 Å². The van der Waals surface area contributed by atoms with E-state index in [-0.39, 0.29) is 0 Å². The van der Waals surface area contributed by atoms with Gasteiger partial charge < -0.3 is 0 Å². The topological polar surface area (TPSA) is 40.9 Å². The fourth-order valence-corrected chi connectivity index (χ4v) is 2.22. The molecular weight excluding hydrogens is 206 g/mol. The molecule has 0 N–H and O–H groups in total. The summed E-state index contributed by atoms with van der Waals surface area (Å²) < 4.78 is 0. The van der Waals surface area contributed by atoms with E-state index in [0.29, 0.717) is 10.4 Å². The monoisotopic (exact) mass is 213 g/mol. The van der Waals surface area contributed by atoms with Crippen molar-refractivity contribution in [3.8, 4) is 16.5 Å². The first-order chi connectivity index (χ1) is 7.35. The molecule has 3 heteroatoms. The second-order valence-corrected chi connectivity index (χ2v) is 4.09. The van der Waals surface area contributed by atoms with Gasteiger partial charge >= 0.3 is 0 Å². The molecule has 0 saturated heterocycles. The lowest BCUT2D eigenvalue weighted by Crippen LogP contribution is -1.79. The SMILES string of the molecule is N#Cc1ccccc1-c1ccc(C=O)s1. The van der Waals surface area contributed by atoms with Crippen LogP contribution in [0.5, 0.6) is 0 Å². The van der Waals surface area contributed by atoms with Crippen molar-refractivity contribution in [2.45, 2.75) is 0 Å². The first-order valence-electron chi connectivity index (χ1n) is 4.39. The molecule has 2 nitrogen and oxygen atoms in total. The number of nitriles is 1. The maximum absolute atomic E-state index is 10.6. The van der Waals surface area contributed by atoms with Crippen LogP contribution in [0.1, 0.15) is 15.2 Å². The van der Waals surface area contributed by atoms with Crippen LogP contribution in [0.15, 0.2) is 36.4 Å². The van der Waals surface area contributed by atoms with Gasteiger partial charge in [0.15, 0.2) is 6.29 Å². The number of hydrogen-bond acceptors (Lipinski definition) is 3. The van der Waals surface area contributed by atoms with E-state index in [2.05, 4.69) is 6.07 Å². The van der Waals surface area contributed by atoms with E-state index >= 15 is 0 Å². The van der Waals surface area contributed by atoms with Gasteiger partial charge in [-0.1, -0.05) is 18.2 Å². The van der Waals surface area contributed by atoms with Crippen LogP contribution < -0.4 is 0 Å². The summed E-state index contributed by atoms with van der Waals surface area (Å²) in [6.07, 6.45) is 0.823. The molecule has 1 aromatic carbocycles. The Morgan fingerprint density at radius 1 is 1.20 bits per heavy atom. The summed E-state index contributed by atoms with van der Waals surface area (Å²) in [6.45, 7) is 0. The van der Waals surface area contributed by atoms with Gasteiger partial charge in [-0.25, -0.2) is 0 Å². The van der Waals surface area contributed by atoms with Crippen molar-refractivity contribution in [3.05, 3.63) is 46.8 Å². The van der Waals surface area contributed by atoms with Crippen LogP contribution in [0.3, 0.4) is 0 Å². The Morgan fingerprint density at radius 3 is 2.67 bits per heavy atom. The molecule has 0 radical (unpaired) electrons. The van der Waals surface area contributed by atoms with Crippen LogP contribution in [0.25, 0.3) is 10.4 Å². The molecule has 0 aliphatic rings. The highest BCUT2D eigenvalue weighted by Crippen LogP contribution is 2.29. The molecule has 2 aromatic rings. The van der Waals surface area contributed by atoms with Crippen molar-refractivity contribution in [3.63, 3.8) is 0 Å². The van der Waals surface area contributed by atoms with E-state index in [4.69, 9.17) is 5.26 Å². The van der Waals surface area contributed by atoms with Gasteiger partial charge in [-0.3, -0.25) is 4.79 Å². The zero-order chi connectivity index (χ0) is 10.7. The number of aldehydes is 1. The summed E-state index contributed by atoms with van der Waals surface area (Å²) in [6, 6.07) is 13.1. The standard InChI is InChI=1S/C12H7NOS/c13-7-9-3-1-2-4-11(9)12-6-5-10(8-14)15-12/h1-6,8H. The number of benzene rings is 1. The highest BCUT2D eigenvalue weighted by Gasteiger charge is 2.06. The van der Waals surface area contributed by atoms with E-state index in [1.807, 2.05) is 24.3 Å². The Hall–Kier alpha value is -1.92. The molecule has 1 heterocycles. The molecule has 0 spiro atoms. The summed E-state index contributed by atoms with van der Waals surface area (Å²) in [5, 5.41) is 8.93. The maximum Gasteiger partial charge on any atom is 0.160 e. The molecule has 0 bridgehead atoms. The second kappa shape index (κ2) is 4.07. The quantitative estimate of drug-likeness (QED) is 0.719. The van der Waals surface area contributed by atoms with E-state index in [1.54, 1.807) is 12.1 Å². The molecule has 0 aliphatic heterocycles. The van der Waals surface area contributed by atoms with Gasteiger partial charge in [0.05, 0.1) is 16.5 Å². The number of nitrogens with zero attached hydrogens (tertiary/aromatic N) is 1. The molecular formula is C12H7NOS. The van der Waals surface area contributed by atoms with E-state index < -0.39 is 0 Å². The lowest BCUT2D eigenvalue weighted by Gasteiger charge is -1.98.